The van der Waals surface area contributed by atoms with Crippen molar-refractivity contribution in [2.45, 2.75) is 52.2 Å². The van der Waals surface area contributed by atoms with E-state index in [9.17, 15) is 0 Å². The van der Waals surface area contributed by atoms with Crippen LogP contribution in [0.25, 0.3) is 0 Å². The van der Waals surface area contributed by atoms with Gasteiger partial charge in [0, 0.05) is 11.8 Å². The van der Waals surface area contributed by atoms with E-state index in [-0.39, 0.29) is 5.60 Å². The summed E-state index contributed by atoms with van der Waals surface area (Å²) in [6.45, 7) is 8.02. The third kappa shape index (κ3) is 3.12. The van der Waals surface area contributed by atoms with E-state index in [1.165, 1.54) is 0 Å². The molecule has 0 unspecified atom stereocenters. The highest BCUT2D eigenvalue weighted by atomic mass is 16.5. The van der Waals surface area contributed by atoms with Crippen LogP contribution in [0.5, 0.6) is 11.5 Å². The van der Waals surface area contributed by atoms with Crippen LogP contribution >= 0.6 is 0 Å². The molecule has 0 aliphatic heterocycles. The summed E-state index contributed by atoms with van der Waals surface area (Å²) >= 11 is 0. The molecule has 0 radical (unpaired) electrons. The minimum Gasteiger partial charge on any atom is -0.486 e. The Bertz CT molecular complexity index is 378. The molecule has 1 aliphatic carbocycles. The summed E-state index contributed by atoms with van der Waals surface area (Å²) in [5.74, 6) is 1.56. The molecule has 3 nitrogen and oxygen atoms in total. The zero-order valence-electron chi connectivity index (χ0n) is 10.4. The van der Waals surface area contributed by atoms with Crippen molar-refractivity contribution in [3.8, 4) is 11.5 Å². The van der Waals surface area contributed by atoms with Crippen molar-refractivity contribution in [2.75, 3.05) is 0 Å². The van der Waals surface area contributed by atoms with E-state index in [2.05, 4.69) is 4.98 Å². The monoisotopic (exact) mass is 221 g/mol. The van der Waals surface area contributed by atoms with Gasteiger partial charge >= 0.3 is 0 Å². The van der Waals surface area contributed by atoms with Crippen LogP contribution in [0.15, 0.2) is 12.3 Å². The summed E-state index contributed by atoms with van der Waals surface area (Å²) in [5, 5.41) is 0. The van der Waals surface area contributed by atoms with Crippen molar-refractivity contribution in [3.05, 3.63) is 18.0 Å². The summed E-state index contributed by atoms with van der Waals surface area (Å²) in [4.78, 5) is 4.25. The number of hydrogen-bond acceptors (Lipinski definition) is 3. The Kier molecular flexibility index (Phi) is 2.78. The summed E-state index contributed by atoms with van der Waals surface area (Å²) in [6, 6.07) is 1.94. The second-order valence-corrected chi connectivity index (χ2v) is 5.30. The lowest BCUT2D eigenvalue weighted by Crippen LogP contribution is -2.23. The van der Waals surface area contributed by atoms with Crippen LogP contribution in [0.3, 0.4) is 0 Å². The first-order chi connectivity index (χ1) is 7.44. The van der Waals surface area contributed by atoms with Gasteiger partial charge in [-0.2, -0.15) is 0 Å². The molecule has 0 saturated heterocycles. The fourth-order valence-corrected chi connectivity index (χ4v) is 1.39. The Labute approximate surface area is 96.8 Å². The molecule has 1 saturated carbocycles. The lowest BCUT2D eigenvalue weighted by Gasteiger charge is -2.23. The minimum absolute atomic E-state index is 0.224. The molecule has 1 aliphatic rings. The van der Waals surface area contributed by atoms with Crippen LogP contribution in [0.2, 0.25) is 0 Å². The quantitative estimate of drug-likeness (QED) is 0.786. The van der Waals surface area contributed by atoms with Crippen LogP contribution in [0.4, 0.5) is 0 Å². The summed E-state index contributed by atoms with van der Waals surface area (Å²) in [5.41, 5.74) is 0.732. The van der Waals surface area contributed by atoms with Gasteiger partial charge in [-0.15, -0.1) is 0 Å². The van der Waals surface area contributed by atoms with Gasteiger partial charge in [-0.1, -0.05) is 0 Å². The van der Waals surface area contributed by atoms with Crippen LogP contribution in [-0.2, 0) is 0 Å². The fourth-order valence-electron chi connectivity index (χ4n) is 1.39. The first-order valence-corrected chi connectivity index (χ1v) is 5.76. The molecule has 0 amide bonds. The Hall–Kier alpha value is -1.25. The van der Waals surface area contributed by atoms with E-state index >= 15 is 0 Å². The molecule has 0 N–H and O–H groups in total. The molecule has 1 heterocycles. The Morgan fingerprint density at radius 2 is 1.94 bits per heavy atom. The third-order valence-corrected chi connectivity index (χ3v) is 2.20. The predicted octanol–water partition coefficient (Wildman–Crippen LogP) is 3.11. The van der Waals surface area contributed by atoms with Gasteiger partial charge < -0.3 is 9.47 Å². The molecule has 88 valence electrons. The normalized spacial score (nSPS) is 16.0. The number of aromatic nitrogens is 1. The molecule has 3 heteroatoms. The number of aryl methyl sites for hydroxylation is 1. The zero-order valence-corrected chi connectivity index (χ0v) is 10.4. The maximum atomic E-state index is 5.83. The average Bonchev–Trinajstić information content (AvgIpc) is 2.91. The molecule has 2 rings (SSSR count). The SMILES string of the molecule is Cc1cc(OC2CC2)c(OC(C)(C)C)cn1. The van der Waals surface area contributed by atoms with Gasteiger partial charge in [0.25, 0.3) is 0 Å². The van der Waals surface area contributed by atoms with Gasteiger partial charge in [-0.25, -0.2) is 0 Å². The molecule has 0 atom stereocenters. The predicted molar refractivity (Wildman–Crippen MR) is 63.0 cm³/mol. The van der Waals surface area contributed by atoms with Crippen molar-refractivity contribution >= 4 is 0 Å². The highest BCUT2D eigenvalue weighted by Gasteiger charge is 2.26. The van der Waals surface area contributed by atoms with Gasteiger partial charge in [0.2, 0.25) is 0 Å². The van der Waals surface area contributed by atoms with Gasteiger partial charge in [-0.05, 0) is 40.5 Å². The van der Waals surface area contributed by atoms with Crippen LogP contribution in [0, 0.1) is 6.92 Å². The fraction of sp³-hybridized carbons (Fsp3) is 0.615. The number of hydrogen-bond donors (Lipinski definition) is 0. The zero-order chi connectivity index (χ0) is 11.8. The second kappa shape index (κ2) is 3.96. The largest absolute Gasteiger partial charge is 0.486 e. The average molecular weight is 221 g/mol. The molecule has 0 aromatic carbocycles. The molecular weight excluding hydrogens is 202 g/mol. The summed E-state index contributed by atoms with van der Waals surface area (Å²) < 4.78 is 11.6. The highest BCUT2D eigenvalue weighted by Crippen LogP contribution is 2.35. The lowest BCUT2D eigenvalue weighted by atomic mass is 10.2. The molecule has 1 fully saturated rings. The Balaban J connectivity index is 2.20. The van der Waals surface area contributed by atoms with Crippen molar-refractivity contribution < 1.29 is 9.47 Å². The molecule has 16 heavy (non-hydrogen) atoms. The topological polar surface area (TPSA) is 31.4 Å². The maximum Gasteiger partial charge on any atom is 0.180 e. The van der Waals surface area contributed by atoms with Gasteiger partial charge in [0.05, 0.1) is 12.3 Å². The molecule has 1 aromatic rings. The smallest absolute Gasteiger partial charge is 0.180 e. The third-order valence-electron chi connectivity index (χ3n) is 2.20. The van der Waals surface area contributed by atoms with E-state index in [0.29, 0.717) is 6.10 Å². The molecular formula is C13H19NO2. The molecule has 0 spiro atoms. The van der Waals surface area contributed by atoms with Gasteiger partial charge in [0.15, 0.2) is 11.5 Å². The number of rotatable bonds is 3. The number of ether oxygens (including phenoxy) is 2. The van der Waals surface area contributed by atoms with Crippen molar-refractivity contribution in [2.24, 2.45) is 0 Å². The van der Waals surface area contributed by atoms with Crippen LogP contribution < -0.4 is 9.47 Å². The number of pyridine rings is 1. The van der Waals surface area contributed by atoms with Gasteiger partial charge in [0.1, 0.15) is 5.60 Å². The van der Waals surface area contributed by atoms with E-state index in [1.54, 1.807) is 6.20 Å². The Morgan fingerprint density at radius 1 is 1.25 bits per heavy atom. The standard InChI is InChI=1S/C13H19NO2/c1-9-7-11(15-10-5-6-10)12(8-14-9)16-13(2,3)4/h7-8,10H,5-6H2,1-4H3. The van der Waals surface area contributed by atoms with E-state index in [1.807, 2.05) is 33.8 Å². The van der Waals surface area contributed by atoms with E-state index in [0.717, 1.165) is 30.0 Å². The van der Waals surface area contributed by atoms with Crippen molar-refractivity contribution in [3.63, 3.8) is 0 Å². The summed E-state index contributed by atoms with van der Waals surface area (Å²) in [7, 11) is 0. The number of nitrogens with zero attached hydrogens (tertiary/aromatic N) is 1. The van der Waals surface area contributed by atoms with Crippen molar-refractivity contribution in [1.29, 1.82) is 0 Å². The lowest BCUT2D eigenvalue weighted by molar-refractivity contribution is 0.122. The first kappa shape index (κ1) is 11.2. The second-order valence-electron chi connectivity index (χ2n) is 5.30. The van der Waals surface area contributed by atoms with Gasteiger partial charge in [-0.3, -0.25) is 4.98 Å². The minimum atomic E-state index is -0.224. The van der Waals surface area contributed by atoms with Crippen LogP contribution in [-0.4, -0.2) is 16.7 Å². The molecule has 1 aromatic heterocycles. The van der Waals surface area contributed by atoms with Crippen molar-refractivity contribution in [1.82, 2.24) is 4.98 Å². The van der Waals surface area contributed by atoms with E-state index in [4.69, 9.17) is 9.47 Å². The Morgan fingerprint density at radius 3 is 2.50 bits per heavy atom. The molecule has 0 bridgehead atoms. The van der Waals surface area contributed by atoms with Crippen LogP contribution in [0.1, 0.15) is 39.3 Å². The maximum absolute atomic E-state index is 5.83. The summed E-state index contributed by atoms with van der Waals surface area (Å²) in [6.07, 6.45) is 4.43. The van der Waals surface area contributed by atoms with E-state index < -0.39 is 0 Å². The highest BCUT2D eigenvalue weighted by molar-refractivity contribution is 5.39. The first-order valence-electron chi connectivity index (χ1n) is 5.76.